The van der Waals surface area contributed by atoms with E-state index in [0.717, 1.165) is 42.8 Å². The van der Waals surface area contributed by atoms with Crippen molar-refractivity contribution >= 4 is 33.2 Å². The number of hydrogen-bond acceptors (Lipinski definition) is 6. The molecule has 1 amide bonds. The predicted octanol–water partition coefficient (Wildman–Crippen LogP) is 5.63. The molecule has 2 bridgehead atoms. The summed E-state index contributed by atoms with van der Waals surface area (Å²) in [6, 6.07) is 11.4. The molecule has 2 aliphatic heterocycles. The van der Waals surface area contributed by atoms with Crippen LogP contribution in [-0.4, -0.2) is 50.5 Å². The average Bonchev–Trinajstić information content (AvgIpc) is 3.07. The van der Waals surface area contributed by atoms with Crippen molar-refractivity contribution in [3.05, 3.63) is 70.3 Å². The van der Waals surface area contributed by atoms with E-state index in [0.29, 0.717) is 38.3 Å². The molecule has 2 heterocycles. The second-order valence-electron chi connectivity index (χ2n) is 12.8. The first kappa shape index (κ1) is 29.5. The minimum Gasteiger partial charge on any atom is -0.490 e. The molecule has 0 unspecified atom stereocenters. The van der Waals surface area contributed by atoms with Crippen molar-refractivity contribution in [3.63, 3.8) is 0 Å². The molecule has 7 nitrogen and oxygen atoms in total. The molecule has 1 fully saturated rings. The molecular formula is C33H41ClN2O5S. The van der Waals surface area contributed by atoms with E-state index in [1.54, 1.807) is 18.2 Å². The van der Waals surface area contributed by atoms with Gasteiger partial charge < -0.3 is 14.7 Å². The highest BCUT2D eigenvalue weighted by molar-refractivity contribution is 7.90. The number of aryl methyl sites for hydroxylation is 1. The molecule has 42 heavy (non-hydrogen) atoms. The number of nitrogens with zero attached hydrogens (tertiary/aromatic N) is 1. The number of nitrogens with one attached hydrogen (secondary N) is 1. The maximum atomic E-state index is 13.4. The van der Waals surface area contributed by atoms with Crippen LogP contribution < -0.4 is 14.4 Å². The molecule has 0 aromatic heterocycles. The number of benzene rings is 2. The van der Waals surface area contributed by atoms with Crippen molar-refractivity contribution in [2.75, 3.05) is 24.6 Å². The number of carbonyl (C=O) groups excluding carboxylic acids is 1. The highest BCUT2D eigenvalue weighted by Gasteiger charge is 2.44. The summed E-state index contributed by atoms with van der Waals surface area (Å²) in [5.74, 6) is 0.258. The van der Waals surface area contributed by atoms with Crippen LogP contribution in [0.25, 0.3) is 0 Å². The van der Waals surface area contributed by atoms with Crippen LogP contribution in [0.15, 0.2) is 48.6 Å². The lowest BCUT2D eigenvalue weighted by Gasteiger charge is -2.45. The molecule has 6 atom stereocenters. The minimum atomic E-state index is -3.92. The number of carbonyl (C=O) groups is 1. The van der Waals surface area contributed by atoms with Crippen LogP contribution >= 0.6 is 11.6 Å². The van der Waals surface area contributed by atoms with E-state index < -0.39 is 27.3 Å². The van der Waals surface area contributed by atoms with E-state index >= 15 is 0 Å². The molecule has 2 aliphatic carbocycles. The Hall–Kier alpha value is -2.55. The minimum absolute atomic E-state index is 0.127. The molecule has 9 heteroatoms. The zero-order valence-electron chi connectivity index (χ0n) is 24.4. The van der Waals surface area contributed by atoms with Gasteiger partial charge in [0.15, 0.2) is 0 Å². The van der Waals surface area contributed by atoms with Gasteiger partial charge in [-0.15, -0.1) is 0 Å². The quantitative estimate of drug-likeness (QED) is 0.405. The lowest BCUT2D eigenvalue weighted by atomic mass is 9.68. The van der Waals surface area contributed by atoms with Crippen LogP contribution in [0.5, 0.6) is 5.75 Å². The van der Waals surface area contributed by atoms with Gasteiger partial charge in [-0.1, -0.05) is 43.7 Å². The fourth-order valence-corrected chi connectivity index (χ4v) is 9.61. The third kappa shape index (κ3) is 5.46. The van der Waals surface area contributed by atoms with Gasteiger partial charge in [-0.25, -0.2) is 13.1 Å². The molecule has 1 saturated carbocycles. The fraction of sp³-hybridized carbons (Fsp3) is 0.545. The zero-order chi connectivity index (χ0) is 29.6. The van der Waals surface area contributed by atoms with E-state index in [1.807, 2.05) is 32.1 Å². The Bertz CT molecular complexity index is 1490. The third-order valence-corrected chi connectivity index (χ3v) is 12.5. The summed E-state index contributed by atoms with van der Waals surface area (Å²) < 4.78 is 35.6. The summed E-state index contributed by atoms with van der Waals surface area (Å²) in [5.41, 5.74) is 3.34. The van der Waals surface area contributed by atoms with E-state index in [2.05, 4.69) is 21.8 Å². The molecule has 2 aromatic carbocycles. The molecule has 0 radical (unpaired) electrons. The standard InChI is InChI=1S/C33H41ClN2O5S/c1-3-31-21(2)6-4-8-29(37)26-12-9-24(26)18-36-19-33(15-5-7-22-16-25(34)11-13-27(22)33)20-41-30-14-10-23(17-28(30)36)32(38)35-42(31,39)40/h4,8,10-11,13-14,16-17,21,24,26,29,31,37H,3,5-7,9,12,15,18-20H2,1-2H3,(H,35,38)/b8-4+/t21-,24-,26+,29-,31+,33-/m0/s1. The van der Waals surface area contributed by atoms with Gasteiger partial charge in [0.1, 0.15) is 5.75 Å². The number of halogens is 1. The third-order valence-electron chi connectivity index (χ3n) is 10.2. The Morgan fingerprint density at radius 3 is 2.79 bits per heavy atom. The second kappa shape index (κ2) is 11.5. The molecule has 4 aliphatic rings. The van der Waals surface area contributed by atoms with Gasteiger partial charge in [0.05, 0.1) is 23.6 Å². The Balaban J connectivity index is 1.42. The van der Waals surface area contributed by atoms with Gasteiger partial charge in [0.25, 0.3) is 5.91 Å². The molecule has 2 N–H and O–H groups in total. The lowest BCUT2D eigenvalue weighted by molar-refractivity contribution is 0.0456. The number of allylic oxidation sites excluding steroid dienone is 1. The Kier molecular flexibility index (Phi) is 8.09. The number of ether oxygens (including phenoxy) is 1. The van der Waals surface area contributed by atoms with Crippen molar-refractivity contribution in [1.29, 1.82) is 0 Å². The number of aliphatic hydroxyl groups is 1. The Labute approximate surface area is 254 Å². The van der Waals surface area contributed by atoms with Gasteiger partial charge in [0, 0.05) is 29.1 Å². The summed E-state index contributed by atoms with van der Waals surface area (Å²) in [7, 11) is -3.92. The molecule has 226 valence electrons. The van der Waals surface area contributed by atoms with E-state index in [1.165, 1.54) is 11.1 Å². The normalized spacial score (nSPS) is 33.3. The topological polar surface area (TPSA) is 95.9 Å². The highest BCUT2D eigenvalue weighted by atomic mass is 35.5. The van der Waals surface area contributed by atoms with Crippen LogP contribution in [0.1, 0.15) is 73.9 Å². The Morgan fingerprint density at radius 1 is 1.19 bits per heavy atom. The Morgan fingerprint density at radius 2 is 2.02 bits per heavy atom. The summed E-state index contributed by atoms with van der Waals surface area (Å²) >= 11 is 6.39. The largest absolute Gasteiger partial charge is 0.490 e. The number of amides is 1. The van der Waals surface area contributed by atoms with Crippen molar-refractivity contribution in [2.45, 2.75) is 75.6 Å². The van der Waals surface area contributed by atoms with Crippen LogP contribution in [0.3, 0.4) is 0 Å². The van der Waals surface area contributed by atoms with E-state index in [4.69, 9.17) is 16.3 Å². The van der Waals surface area contributed by atoms with Gasteiger partial charge >= 0.3 is 0 Å². The summed E-state index contributed by atoms with van der Waals surface area (Å²) in [4.78, 5) is 15.7. The average molecular weight is 613 g/mol. The zero-order valence-corrected chi connectivity index (χ0v) is 26.0. The smallest absolute Gasteiger partial charge is 0.264 e. The van der Waals surface area contributed by atoms with Crippen molar-refractivity contribution in [3.8, 4) is 5.75 Å². The highest BCUT2D eigenvalue weighted by Crippen LogP contribution is 2.46. The first-order valence-corrected chi connectivity index (χ1v) is 17.2. The lowest BCUT2D eigenvalue weighted by Crippen LogP contribution is -2.49. The first-order chi connectivity index (χ1) is 20.1. The second-order valence-corrected chi connectivity index (χ2v) is 15.2. The number of rotatable bonds is 1. The van der Waals surface area contributed by atoms with Crippen molar-refractivity contribution in [2.24, 2.45) is 17.8 Å². The number of anilines is 1. The summed E-state index contributed by atoms with van der Waals surface area (Å²) in [5, 5.41) is 11.2. The maximum Gasteiger partial charge on any atom is 0.264 e. The van der Waals surface area contributed by atoms with Crippen LogP contribution in [0.2, 0.25) is 5.02 Å². The number of fused-ring (bicyclic) bond motifs is 4. The van der Waals surface area contributed by atoms with Gasteiger partial charge in [-0.2, -0.15) is 0 Å². The monoisotopic (exact) mass is 612 g/mol. The molecular weight excluding hydrogens is 572 g/mol. The maximum absolute atomic E-state index is 13.4. The van der Waals surface area contributed by atoms with Crippen LogP contribution in [0, 0.1) is 17.8 Å². The summed E-state index contributed by atoms with van der Waals surface area (Å²) in [6.45, 7) is 5.62. The van der Waals surface area contributed by atoms with Gasteiger partial charge in [0.2, 0.25) is 10.0 Å². The van der Waals surface area contributed by atoms with Crippen LogP contribution in [0.4, 0.5) is 5.69 Å². The van der Waals surface area contributed by atoms with Gasteiger partial charge in [-0.05, 0) is 104 Å². The molecule has 0 saturated heterocycles. The van der Waals surface area contributed by atoms with Crippen LogP contribution in [-0.2, 0) is 21.9 Å². The molecule has 6 rings (SSSR count). The van der Waals surface area contributed by atoms with E-state index in [9.17, 15) is 18.3 Å². The van der Waals surface area contributed by atoms with Crippen molar-refractivity contribution in [1.82, 2.24) is 4.72 Å². The summed E-state index contributed by atoms with van der Waals surface area (Å²) in [6.07, 6.45) is 9.00. The molecule has 1 spiro atoms. The van der Waals surface area contributed by atoms with Crippen molar-refractivity contribution < 1.29 is 23.1 Å². The SMILES string of the molecule is CC[C@@H]1[C@@H](C)C/C=C/[C@H](O)[C@@H]2CC[C@H]2CN2C[C@@]3(CCCc4cc(Cl)ccc43)COc3ccc(cc32)C(=O)NS1(=O)=O. The van der Waals surface area contributed by atoms with E-state index in [-0.39, 0.29) is 28.7 Å². The number of aliphatic hydroxyl groups excluding tert-OH is 1. The predicted molar refractivity (Wildman–Crippen MR) is 166 cm³/mol. The van der Waals surface area contributed by atoms with Gasteiger partial charge in [-0.3, -0.25) is 4.79 Å². The first-order valence-electron chi connectivity index (χ1n) is 15.3. The number of hydrogen-bond donors (Lipinski definition) is 2. The number of sulfonamides is 1. The fourth-order valence-electron chi connectivity index (χ4n) is 7.73. The molecule has 2 aromatic rings.